The highest BCUT2D eigenvalue weighted by atomic mass is 32.2. The summed E-state index contributed by atoms with van der Waals surface area (Å²) < 4.78 is 28.6. The van der Waals surface area contributed by atoms with Crippen molar-refractivity contribution in [1.29, 1.82) is 0 Å². The molecule has 0 saturated heterocycles. The summed E-state index contributed by atoms with van der Waals surface area (Å²) in [6, 6.07) is 7.70. The summed E-state index contributed by atoms with van der Waals surface area (Å²) in [7, 11) is -3.57. The van der Waals surface area contributed by atoms with E-state index in [-0.39, 0.29) is 22.9 Å². The van der Waals surface area contributed by atoms with Gasteiger partial charge in [0.05, 0.1) is 17.1 Å². The van der Waals surface area contributed by atoms with Crippen LogP contribution >= 0.6 is 0 Å². The van der Waals surface area contributed by atoms with Gasteiger partial charge in [0.1, 0.15) is 5.82 Å². The molecule has 2 N–H and O–H groups in total. The first-order valence-electron chi connectivity index (χ1n) is 8.75. The lowest BCUT2D eigenvalue weighted by atomic mass is 10.2. The number of hydrogen-bond acceptors (Lipinski definition) is 4. The SMILES string of the molecule is CC(C)NS(=O)(=O)c1ccc(C(=O)Nc2ccnn2C(C)C2CC2)cc1. The van der Waals surface area contributed by atoms with Gasteiger partial charge in [-0.2, -0.15) is 5.10 Å². The van der Waals surface area contributed by atoms with Crippen LogP contribution in [-0.4, -0.2) is 30.1 Å². The lowest BCUT2D eigenvalue weighted by Gasteiger charge is -2.15. The molecule has 0 radical (unpaired) electrons. The quantitative estimate of drug-likeness (QED) is 0.777. The van der Waals surface area contributed by atoms with E-state index in [1.54, 1.807) is 26.1 Å². The molecule has 140 valence electrons. The highest BCUT2D eigenvalue weighted by Gasteiger charge is 2.30. The van der Waals surface area contributed by atoms with Gasteiger partial charge in [-0.3, -0.25) is 4.79 Å². The van der Waals surface area contributed by atoms with Crippen molar-refractivity contribution in [3.8, 4) is 0 Å². The fourth-order valence-electron chi connectivity index (χ4n) is 2.87. The first kappa shape index (κ1) is 18.6. The standard InChI is InChI=1S/C18H24N4O3S/c1-12(2)21-26(24,25)16-8-6-15(7-9-16)18(23)20-17-10-11-19-22(17)13(3)14-4-5-14/h6-14,21H,4-5H2,1-3H3,(H,20,23). The van der Waals surface area contributed by atoms with Crippen LogP contribution in [0.25, 0.3) is 0 Å². The fraction of sp³-hybridized carbons (Fsp3) is 0.444. The molecule has 1 saturated carbocycles. The minimum Gasteiger partial charge on any atom is -0.307 e. The molecule has 1 aliphatic carbocycles. The molecule has 1 aromatic carbocycles. The zero-order chi connectivity index (χ0) is 18.9. The Hall–Kier alpha value is -2.19. The van der Waals surface area contributed by atoms with Crippen molar-refractivity contribution >= 4 is 21.7 Å². The molecule has 1 fully saturated rings. The maximum absolute atomic E-state index is 12.5. The Morgan fingerprint density at radius 1 is 1.15 bits per heavy atom. The molecule has 2 aromatic rings. The Balaban J connectivity index is 1.72. The molecular weight excluding hydrogens is 352 g/mol. The van der Waals surface area contributed by atoms with Gasteiger partial charge in [-0.15, -0.1) is 0 Å². The Kier molecular flexibility index (Phi) is 5.15. The Morgan fingerprint density at radius 3 is 2.38 bits per heavy atom. The number of carbonyl (C=O) groups excluding carboxylic acids is 1. The maximum Gasteiger partial charge on any atom is 0.256 e. The third-order valence-corrected chi connectivity index (χ3v) is 6.09. The second kappa shape index (κ2) is 7.20. The summed E-state index contributed by atoms with van der Waals surface area (Å²) in [5.41, 5.74) is 0.389. The van der Waals surface area contributed by atoms with Gasteiger partial charge in [0.2, 0.25) is 10.0 Å². The van der Waals surface area contributed by atoms with E-state index in [1.807, 2.05) is 4.68 Å². The van der Waals surface area contributed by atoms with Crippen molar-refractivity contribution in [2.45, 2.75) is 50.6 Å². The van der Waals surface area contributed by atoms with Crippen molar-refractivity contribution in [3.05, 3.63) is 42.1 Å². The molecule has 1 atom stereocenters. The summed E-state index contributed by atoms with van der Waals surface area (Å²) in [6.07, 6.45) is 4.05. The number of nitrogens with zero attached hydrogens (tertiary/aromatic N) is 2. The summed E-state index contributed by atoms with van der Waals surface area (Å²) in [5, 5.41) is 7.17. The number of aromatic nitrogens is 2. The van der Waals surface area contributed by atoms with Crippen LogP contribution in [-0.2, 0) is 10.0 Å². The average Bonchev–Trinajstić information content (AvgIpc) is 3.33. The van der Waals surface area contributed by atoms with E-state index in [4.69, 9.17) is 0 Å². The number of carbonyl (C=O) groups is 1. The fourth-order valence-corrected chi connectivity index (χ4v) is 4.12. The minimum atomic E-state index is -3.57. The minimum absolute atomic E-state index is 0.134. The van der Waals surface area contributed by atoms with Gasteiger partial charge >= 0.3 is 0 Å². The van der Waals surface area contributed by atoms with Crippen LogP contribution in [0.2, 0.25) is 0 Å². The van der Waals surface area contributed by atoms with Gasteiger partial charge in [-0.1, -0.05) is 0 Å². The second-order valence-electron chi connectivity index (χ2n) is 6.99. The van der Waals surface area contributed by atoms with Crippen molar-refractivity contribution in [3.63, 3.8) is 0 Å². The van der Waals surface area contributed by atoms with E-state index in [1.165, 1.54) is 37.1 Å². The molecule has 7 nitrogen and oxygen atoms in total. The van der Waals surface area contributed by atoms with Gasteiger partial charge in [-0.25, -0.2) is 17.8 Å². The number of nitrogens with one attached hydrogen (secondary N) is 2. The van der Waals surface area contributed by atoms with Gasteiger partial charge < -0.3 is 5.32 Å². The molecular formula is C18H24N4O3S. The second-order valence-corrected chi connectivity index (χ2v) is 8.71. The third-order valence-electron chi connectivity index (χ3n) is 4.42. The zero-order valence-electron chi connectivity index (χ0n) is 15.1. The Labute approximate surface area is 153 Å². The van der Waals surface area contributed by atoms with E-state index in [9.17, 15) is 13.2 Å². The van der Waals surface area contributed by atoms with Crippen LogP contribution in [0.3, 0.4) is 0 Å². The van der Waals surface area contributed by atoms with Crippen LogP contribution in [0.5, 0.6) is 0 Å². The lowest BCUT2D eigenvalue weighted by Crippen LogP contribution is -2.30. The maximum atomic E-state index is 12.5. The van der Waals surface area contributed by atoms with Crippen molar-refractivity contribution < 1.29 is 13.2 Å². The molecule has 1 aliphatic rings. The van der Waals surface area contributed by atoms with Crippen LogP contribution in [0.15, 0.2) is 41.4 Å². The number of amides is 1. The number of sulfonamides is 1. The molecule has 8 heteroatoms. The monoisotopic (exact) mass is 376 g/mol. The van der Waals surface area contributed by atoms with E-state index in [0.29, 0.717) is 17.3 Å². The molecule has 1 unspecified atom stereocenters. The summed E-state index contributed by atoms with van der Waals surface area (Å²) in [6.45, 7) is 5.61. The van der Waals surface area contributed by atoms with E-state index in [2.05, 4.69) is 22.1 Å². The highest BCUT2D eigenvalue weighted by Crippen LogP contribution is 2.40. The molecule has 0 spiro atoms. The number of anilines is 1. The van der Waals surface area contributed by atoms with Gasteiger partial charge in [-0.05, 0) is 63.8 Å². The van der Waals surface area contributed by atoms with Crippen molar-refractivity contribution in [1.82, 2.24) is 14.5 Å². The molecule has 0 bridgehead atoms. The average molecular weight is 376 g/mol. The number of rotatable bonds is 7. The predicted molar refractivity (Wildman–Crippen MR) is 99.5 cm³/mol. The van der Waals surface area contributed by atoms with Crippen LogP contribution in [0.4, 0.5) is 5.82 Å². The largest absolute Gasteiger partial charge is 0.307 e. The van der Waals surface area contributed by atoms with Crippen LogP contribution < -0.4 is 10.0 Å². The topological polar surface area (TPSA) is 93.1 Å². The van der Waals surface area contributed by atoms with Gasteiger partial charge in [0.15, 0.2) is 0 Å². The summed E-state index contributed by atoms with van der Waals surface area (Å²) in [5.74, 6) is 0.964. The third kappa shape index (κ3) is 4.13. The molecule has 0 aliphatic heterocycles. The normalized spacial score (nSPS) is 15.8. The van der Waals surface area contributed by atoms with Crippen LogP contribution in [0, 0.1) is 5.92 Å². The first-order valence-corrected chi connectivity index (χ1v) is 10.2. The number of benzene rings is 1. The van der Waals surface area contributed by atoms with Gasteiger partial charge in [0.25, 0.3) is 5.91 Å². The zero-order valence-corrected chi connectivity index (χ0v) is 16.0. The van der Waals surface area contributed by atoms with Crippen LogP contribution in [0.1, 0.15) is 50.0 Å². The summed E-state index contributed by atoms with van der Waals surface area (Å²) in [4.78, 5) is 12.6. The molecule has 1 heterocycles. The molecule has 3 rings (SSSR count). The highest BCUT2D eigenvalue weighted by molar-refractivity contribution is 7.89. The predicted octanol–water partition coefficient (Wildman–Crippen LogP) is 2.79. The molecule has 1 aromatic heterocycles. The van der Waals surface area contributed by atoms with E-state index < -0.39 is 10.0 Å². The lowest BCUT2D eigenvalue weighted by molar-refractivity contribution is 0.102. The van der Waals surface area contributed by atoms with E-state index in [0.717, 1.165) is 0 Å². The number of hydrogen-bond donors (Lipinski definition) is 2. The molecule has 1 amide bonds. The smallest absolute Gasteiger partial charge is 0.256 e. The van der Waals surface area contributed by atoms with E-state index >= 15 is 0 Å². The van der Waals surface area contributed by atoms with Gasteiger partial charge in [0, 0.05) is 17.7 Å². The Morgan fingerprint density at radius 2 is 1.81 bits per heavy atom. The van der Waals surface area contributed by atoms with Crippen molar-refractivity contribution in [2.75, 3.05) is 5.32 Å². The molecule has 26 heavy (non-hydrogen) atoms. The Bertz CT molecular complexity index is 883. The van der Waals surface area contributed by atoms with Crippen molar-refractivity contribution in [2.24, 2.45) is 5.92 Å². The summed E-state index contributed by atoms with van der Waals surface area (Å²) >= 11 is 0. The first-order chi connectivity index (χ1) is 12.3.